The quantitative estimate of drug-likeness (QED) is 0.852. The molecule has 0 aliphatic heterocycles. The third kappa shape index (κ3) is 3.81. The van der Waals surface area contributed by atoms with E-state index >= 15 is 0 Å². The Morgan fingerprint density at radius 1 is 1.62 bits per heavy atom. The molecule has 0 aliphatic carbocycles. The zero-order valence-corrected chi connectivity index (χ0v) is 10.9. The molecule has 1 heterocycles. The second-order valence-corrected chi connectivity index (χ2v) is 5.80. The van der Waals surface area contributed by atoms with Crippen LogP contribution < -0.4 is 5.32 Å². The molecule has 0 fully saturated rings. The van der Waals surface area contributed by atoms with Crippen LogP contribution in [0.2, 0.25) is 0 Å². The van der Waals surface area contributed by atoms with Gasteiger partial charge in [-0.05, 0) is 12.3 Å². The van der Waals surface area contributed by atoms with Crippen molar-refractivity contribution >= 4 is 22.4 Å². The summed E-state index contributed by atoms with van der Waals surface area (Å²) in [6.07, 6.45) is -0.0118. The van der Waals surface area contributed by atoms with Crippen LogP contribution in [0.5, 0.6) is 0 Å². The summed E-state index contributed by atoms with van der Waals surface area (Å²) in [5.74, 6) is -0.847. The molecule has 4 nitrogen and oxygen atoms in total. The highest BCUT2D eigenvalue weighted by Gasteiger charge is 2.20. The Kier molecular flexibility index (Phi) is 3.91. The molecule has 1 unspecified atom stereocenters. The van der Waals surface area contributed by atoms with Gasteiger partial charge in [-0.2, -0.15) is 0 Å². The number of thiazole rings is 1. The van der Waals surface area contributed by atoms with Crippen molar-refractivity contribution in [1.29, 1.82) is 0 Å². The number of aromatic nitrogens is 1. The minimum Gasteiger partial charge on any atom is -0.481 e. The van der Waals surface area contributed by atoms with Gasteiger partial charge in [0.25, 0.3) is 0 Å². The predicted octanol–water partition coefficient (Wildman–Crippen LogP) is 2.62. The molecule has 16 heavy (non-hydrogen) atoms. The molecule has 1 aromatic rings. The molecule has 1 atom stereocenters. The number of carbonyl (C=O) groups is 1. The Bertz CT molecular complexity index is 368. The fraction of sp³-hybridized carbons (Fsp3) is 0.636. The number of nitrogens with one attached hydrogen (secondary N) is 1. The van der Waals surface area contributed by atoms with Gasteiger partial charge in [-0.3, -0.25) is 4.79 Å². The van der Waals surface area contributed by atoms with Crippen molar-refractivity contribution in [1.82, 2.24) is 4.98 Å². The molecule has 0 radical (unpaired) electrons. The number of rotatable bonds is 4. The second-order valence-electron chi connectivity index (χ2n) is 4.95. The predicted molar refractivity (Wildman–Crippen MR) is 66.0 cm³/mol. The van der Waals surface area contributed by atoms with Crippen LogP contribution in [-0.4, -0.2) is 22.1 Å². The Morgan fingerprint density at radius 3 is 2.75 bits per heavy atom. The summed E-state index contributed by atoms with van der Waals surface area (Å²) >= 11 is 1.45. The molecule has 2 N–H and O–H groups in total. The Balaban J connectivity index is 2.62. The Labute approximate surface area is 99.7 Å². The lowest BCUT2D eigenvalue weighted by molar-refractivity contribution is -0.136. The Hall–Kier alpha value is -1.10. The molecule has 0 spiro atoms. The maximum atomic E-state index is 10.5. The highest BCUT2D eigenvalue weighted by molar-refractivity contribution is 7.13. The number of carboxylic acid groups (broad SMARTS) is 1. The van der Waals surface area contributed by atoms with Crippen LogP contribution in [-0.2, 0) is 11.2 Å². The van der Waals surface area contributed by atoms with Gasteiger partial charge in [-0.15, -0.1) is 11.3 Å². The van der Waals surface area contributed by atoms with Gasteiger partial charge in [0.1, 0.15) is 0 Å². The van der Waals surface area contributed by atoms with Gasteiger partial charge in [-0.1, -0.05) is 20.8 Å². The van der Waals surface area contributed by atoms with Crippen molar-refractivity contribution in [3.05, 3.63) is 11.1 Å². The summed E-state index contributed by atoms with van der Waals surface area (Å²) < 4.78 is 0. The molecule has 5 heteroatoms. The third-order valence-corrected chi connectivity index (χ3v) is 3.35. The molecule has 1 aromatic heterocycles. The number of hydrogen-bond acceptors (Lipinski definition) is 4. The van der Waals surface area contributed by atoms with E-state index in [9.17, 15) is 4.79 Å². The molecule has 0 aromatic carbocycles. The van der Waals surface area contributed by atoms with E-state index < -0.39 is 5.97 Å². The van der Waals surface area contributed by atoms with Crippen LogP contribution >= 0.6 is 11.3 Å². The molecular weight excluding hydrogens is 224 g/mol. The molecule has 0 saturated heterocycles. The van der Waals surface area contributed by atoms with Crippen LogP contribution in [0.3, 0.4) is 0 Å². The zero-order chi connectivity index (χ0) is 12.3. The van der Waals surface area contributed by atoms with E-state index in [1.807, 2.05) is 0 Å². The number of carboxylic acids is 1. The summed E-state index contributed by atoms with van der Waals surface area (Å²) in [6, 6.07) is 0.288. The smallest absolute Gasteiger partial charge is 0.309 e. The van der Waals surface area contributed by atoms with Crippen molar-refractivity contribution in [2.24, 2.45) is 5.41 Å². The van der Waals surface area contributed by atoms with Gasteiger partial charge in [0, 0.05) is 11.4 Å². The van der Waals surface area contributed by atoms with E-state index in [2.05, 4.69) is 38.0 Å². The summed E-state index contributed by atoms with van der Waals surface area (Å²) in [6.45, 7) is 8.54. The first-order valence-corrected chi connectivity index (χ1v) is 6.09. The lowest BCUT2D eigenvalue weighted by Gasteiger charge is -2.27. The van der Waals surface area contributed by atoms with Crippen LogP contribution in [0.1, 0.15) is 33.4 Å². The van der Waals surface area contributed by atoms with Crippen LogP contribution in [0.25, 0.3) is 0 Å². The number of anilines is 1. The summed E-state index contributed by atoms with van der Waals surface area (Å²) in [5, 5.41) is 14.5. The highest BCUT2D eigenvalue weighted by atomic mass is 32.1. The SMILES string of the molecule is CC(Nc1nc(CC(=O)O)cs1)C(C)(C)C. The van der Waals surface area contributed by atoms with Crippen LogP contribution in [0, 0.1) is 5.41 Å². The van der Waals surface area contributed by atoms with E-state index in [1.54, 1.807) is 5.38 Å². The lowest BCUT2D eigenvalue weighted by atomic mass is 9.88. The average Bonchev–Trinajstić information content (AvgIpc) is 2.49. The minimum atomic E-state index is -0.847. The largest absolute Gasteiger partial charge is 0.481 e. The van der Waals surface area contributed by atoms with E-state index in [0.29, 0.717) is 5.69 Å². The Morgan fingerprint density at radius 2 is 2.25 bits per heavy atom. The minimum absolute atomic E-state index is 0.0118. The molecule has 0 bridgehead atoms. The third-order valence-electron chi connectivity index (χ3n) is 2.52. The maximum absolute atomic E-state index is 10.5. The summed E-state index contributed by atoms with van der Waals surface area (Å²) in [7, 11) is 0. The van der Waals surface area contributed by atoms with Gasteiger partial charge < -0.3 is 10.4 Å². The first-order chi connectivity index (χ1) is 7.29. The van der Waals surface area contributed by atoms with E-state index in [1.165, 1.54) is 11.3 Å². The van der Waals surface area contributed by atoms with E-state index in [-0.39, 0.29) is 17.9 Å². The fourth-order valence-corrected chi connectivity index (χ4v) is 1.81. The van der Waals surface area contributed by atoms with Crippen molar-refractivity contribution in [2.45, 2.75) is 40.2 Å². The number of nitrogens with zero attached hydrogens (tertiary/aromatic N) is 1. The van der Waals surface area contributed by atoms with Crippen LogP contribution in [0.15, 0.2) is 5.38 Å². The lowest BCUT2D eigenvalue weighted by Crippen LogP contribution is -2.30. The average molecular weight is 242 g/mol. The first-order valence-electron chi connectivity index (χ1n) is 5.22. The summed E-state index contributed by atoms with van der Waals surface area (Å²) in [5.41, 5.74) is 0.764. The van der Waals surface area contributed by atoms with Gasteiger partial charge in [0.2, 0.25) is 0 Å². The first kappa shape index (κ1) is 13.0. The second kappa shape index (κ2) is 4.82. The topological polar surface area (TPSA) is 62.2 Å². The van der Waals surface area contributed by atoms with Gasteiger partial charge in [0.05, 0.1) is 12.1 Å². The maximum Gasteiger partial charge on any atom is 0.309 e. The molecule has 0 saturated carbocycles. The van der Waals surface area contributed by atoms with Gasteiger partial charge >= 0.3 is 5.97 Å². The number of aliphatic carboxylic acids is 1. The monoisotopic (exact) mass is 242 g/mol. The van der Waals surface area contributed by atoms with Crippen molar-refractivity contribution < 1.29 is 9.90 Å². The number of hydrogen-bond donors (Lipinski definition) is 2. The fourth-order valence-electron chi connectivity index (χ4n) is 1.01. The standard InChI is InChI=1S/C11H18N2O2S/c1-7(11(2,3)4)12-10-13-8(6-16-10)5-9(14)15/h6-7H,5H2,1-4H3,(H,12,13)(H,14,15). The normalized spacial score (nSPS) is 13.5. The summed E-state index contributed by atoms with van der Waals surface area (Å²) in [4.78, 5) is 14.7. The van der Waals surface area contributed by atoms with Crippen molar-refractivity contribution in [2.75, 3.05) is 5.32 Å². The van der Waals surface area contributed by atoms with E-state index in [4.69, 9.17) is 5.11 Å². The van der Waals surface area contributed by atoms with E-state index in [0.717, 1.165) is 5.13 Å². The highest BCUT2D eigenvalue weighted by Crippen LogP contribution is 2.24. The zero-order valence-electron chi connectivity index (χ0n) is 10.1. The van der Waals surface area contributed by atoms with Crippen LogP contribution in [0.4, 0.5) is 5.13 Å². The molecule has 90 valence electrons. The van der Waals surface area contributed by atoms with Gasteiger partial charge in [0.15, 0.2) is 5.13 Å². The van der Waals surface area contributed by atoms with Crippen molar-refractivity contribution in [3.63, 3.8) is 0 Å². The molecule has 0 amide bonds. The van der Waals surface area contributed by atoms with Gasteiger partial charge in [-0.25, -0.2) is 4.98 Å². The molecular formula is C11H18N2O2S. The molecule has 1 rings (SSSR count). The molecule has 0 aliphatic rings. The van der Waals surface area contributed by atoms with Crippen molar-refractivity contribution in [3.8, 4) is 0 Å².